The van der Waals surface area contributed by atoms with Crippen molar-refractivity contribution < 1.29 is 22.4 Å². The average Bonchev–Trinajstić information content (AvgIpc) is 2.80. The van der Waals surface area contributed by atoms with Gasteiger partial charge in [0.25, 0.3) is 0 Å². The monoisotopic (exact) mass is 285 g/mol. The maximum absolute atomic E-state index is 12.0. The van der Waals surface area contributed by atoms with Crippen LogP contribution in [0.15, 0.2) is 28.9 Å². The highest BCUT2D eigenvalue weighted by Crippen LogP contribution is 2.23. The van der Waals surface area contributed by atoms with Crippen LogP contribution >= 0.6 is 0 Å². The van der Waals surface area contributed by atoms with E-state index in [1.165, 1.54) is 6.26 Å². The summed E-state index contributed by atoms with van der Waals surface area (Å²) >= 11 is 0. The van der Waals surface area contributed by atoms with Gasteiger partial charge in [-0.05, 0) is 36.1 Å². The molecule has 6 heteroatoms. The van der Waals surface area contributed by atoms with E-state index in [0.29, 0.717) is 12.0 Å². The molecule has 0 aliphatic carbocycles. The topological polar surface area (TPSA) is 42.2 Å². The minimum absolute atomic E-state index is 0.0800. The van der Waals surface area contributed by atoms with Gasteiger partial charge in [0, 0.05) is 11.9 Å². The standard InChI is InChI=1S/C14H14F3NO2/c1-2-9-3-4-12-11(7-9)10(8-20-12)5-6-18-13(19)14(15,16)17/h3-4,7-8H,2,5-6H2,1H3,(H,18,19). The highest BCUT2D eigenvalue weighted by Gasteiger charge is 2.38. The van der Waals surface area contributed by atoms with Crippen molar-refractivity contribution in [3.63, 3.8) is 0 Å². The zero-order chi connectivity index (χ0) is 14.8. The number of carbonyl (C=O) groups is 1. The first-order valence-corrected chi connectivity index (χ1v) is 6.26. The van der Waals surface area contributed by atoms with Gasteiger partial charge in [-0.2, -0.15) is 13.2 Å². The number of rotatable bonds is 4. The van der Waals surface area contributed by atoms with Crippen molar-refractivity contribution in [2.24, 2.45) is 0 Å². The second-order valence-corrected chi connectivity index (χ2v) is 4.45. The third-order valence-corrected chi connectivity index (χ3v) is 3.06. The third kappa shape index (κ3) is 3.12. The molecule has 2 rings (SSSR count). The Morgan fingerprint density at radius 1 is 1.35 bits per heavy atom. The normalized spacial score (nSPS) is 11.8. The van der Waals surface area contributed by atoms with Gasteiger partial charge < -0.3 is 9.73 Å². The Morgan fingerprint density at radius 2 is 2.10 bits per heavy atom. The van der Waals surface area contributed by atoms with Crippen molar-refractivity contribution in [3.05, 3.63) is 35.6 Å². The lowest BCUT2D eigenvalue weighted by molar-refractivity contribution is -0.173. The number of halogens is 3. The van der Waals surface area contributed by atoms with Crippen molar-refractivity contribution >= 4 is 16.9 Å². The zero-order valence-electron chi connectivity index (χ0n) is 10.9. The summed E-state index contributed by atoms with van der Waals surface area (Å²) in [5.41, 5.74) is 2.61. The molecule has 1 N–H and O–H groups in total. The van der Waals surface area contributed by atoms with Crippen molar-refractivity contribution in [3.8, 4) is 0 Å². The maximum atomic E-state index is 12.0. The highest BCUT2D eigenvalue weighted by molar-refractivity contribution is 5.83. The number of hydrogen-bond donors (Lipinski definition) is 1. The second-order valence-electron chi connectivity index (χ2n) is 4.45. The van der Waals surface area contributed by atoms with E-state index < -0.39 is 12.1 Å². The fraction of sp³-hybridized carbons (Fsp3) is 0.357. The lowest BCUT2D eigenvalue weighted by atomic mass is 10.1. The maximum Gasteiger partial charge on any atom is 0.471 e. The number of amides is 1. The van der Waals surface area contributed by atoms with E-state index in [-0.39, 0.29) is 6.54 Å². The Labute approximate surface area is 113 Å². The van der Waals surface area contributed by atoms with Crippen LogP contribution in [0.3, 0.4) is 0 Å². The van der Waals surface area contributed by atoms with Gasteiger partial charge in [0.15, 0.2) is 0 Å². The van der Waals surface area contributed by atoms with E-state index in [2.05, 4.69) is 0 Å². The van der Waals surface area contributed by atoms with Crippen LogP contribution < -0.4 is 5.32 Å². The molecular formula is C14H14F3NO2. The molecule has 0 aliphatic rings. The smallest absolute Gasteiger partial charge is 0.464 e. The molecule has 108 valence electrons. The molecule has 0 atom stereocenters. The van der Waals surface area contributed by atoms with E-state index in [0.717, 1.165) is 22.9 Å². The van der Waals surface area contributed by atoms with Crippen LogP contribution in [0.1, 0.15) is 18.1 Å². The molecule has 1 heterocycles. The van der Waals surface area contributed by atoms with E-state index in [1.807, 2.05) is 30.4 Å². The number of fused-ring (bicyclic) bond motifs is 1. The number of furan rings is 1. The average molecular weight is 285 g/mol. The minimum atomic E-state index is -4.84. The SMILES string of the molecule is CCc1ccc2occ(CCNC(=O)C(F)(F)F)c2c1. The largest absolute Gasteiger partial charge is 0.471 e. The van der Waals surface area contributed by atoms with Crippen LogP contribution in [0.4, 0.5) is 13.2 Å². The van der Waals surface area contributed by atoms with Gasteiger partial charge in [-0.1, -0.05) is 13.0 Å². The van der Waals surface area contributed by atoms with Crippen LogP contribution in [0.5, 0.6) is 0 Å². The Hall–Kier alpha value is -1.98. The molecule has 3 nitrogen and oxygen atoms in total. The molecule has 0 bridgehead atoms. The Bertz CT molecular complexity index is 616. The number of benzene rings is 1. The summed E-state index contributed by atoms with van der Waals surface area (Å²) in [4.78, 5) is 10.7. The molecule has 1 amide bonds. The predicted molar refractivity (Wildman–Crippen MR) is 68.4 cm³/mol. The highest BCUT2D eigenvalue weighted by atomic mass is 19.4. The molecule has 0 saturated carbocycles. The number of hydrogen-bond acceptors (Lipinski definition) is 2. The Kier molecular flexibility index (Phi) is 4.01. The van der Waals surface area contributed by atoms with Crippen LogP contribution in [0.2, 0.25) is 0 Å². The van der Waals surface area contributed by atoms with Crippen LogP contribution in [0.25, 0.3) is 11.0 Å². The molecule has 0 fully saturated rings. The third-order valence-electron chi connectivity index (χ3n) is 3.06. The zero-order valence-corrected chi connectivity index (χ0v) is 10.9. The molecule has 0 aliphatic heterocycles. The number of aryl methyl sites for hydroxylation is 1. The fourth-order valence-corrected chi connectivity index (χ4v) is 1.95. The quantitative estimate of drug-likeness (QED) is 0.937. The lowest BCUT2D eigenvalue weighted by Crippen LogP contribution is -2.37. The van der Waals surface area contributed by atoms with Crippen molar-refractivity contribution in [2.75, 3.05) is 6.54 Å². The molecule has 2 aromatic rings. The van der Waals surface area contributed by atoms with Gasteiger partial charge in [-0.3, -0.25) is 4.79 Å². The lowest BCUT2D eigenvalue weighted by Gasteiger charge is -2.07. The Balaban J connectivity index is 2.05. The number of alkyl halides is 3. The van der Waals surface area contributed by atoms with E-state index in [9.17, 15) is 18.0 Å². The summed E-state index contributed by atoms with van der Waals surface area (Å²) in [5.74, 6) is -1.92. The molecule has 0 radical (unpaired) electrons. The van der Waals surface area contributed by atoms with Gasteiger partial charge in [0.1, 0.15) is 5.58 Å². The first kappa shape index (κ1) is 14.4. The van der Waals surface area contributed by atoms with E-state index >= 15 is 0 Å². The van der Waals surface area contributed by atoms with Crippen molar-refractivity contribution in [1.29, 1.82) is 0 Å². The van der Waals surface area contributed by atoms with Gasteiger partial charge in [0.05, 0.1) is 6.26 Å². The van der Waals surface area contributed by atoms with Crippen LogP contribution in [-0.2, 0) is 17.6 Å². The molecular weight excluding hydrogens is 271 g/mol. The van der Waals surface area contributed by atoms with Gasteiger partial charge in [0.2, 0.25) is 0 Å². The second kappa shape index (κ2) is 5.56. The number of nitrogens with one attached hydrogen (secondary N) is 1. The van der Waals surface area contributed by atoms with E-state index in [1.54, 1.807) is 0 Å². The summed E-state index contributed by atoms with van der Waals surface area (Å²) in [6, 6.07) is 5.74. The van der Waals surface area contributed by atoms with Crippen LogP contribution in [-0.4, -0.2) is 18.6 Å². The molecule has 1 aromatic heterocycles. The molecule has 0 spiro atoms. The molecule has 0 unspecified atom stereocenters. The summed E-state index contributed by atoms with van der Waals surface area (Å²) in [7, 11) is 0. The summed E-state index contributed by atoms with van der Waals surface area (Å²) in [5, 5.41) is 2.73. The Morgan fingerprint density at radius 3 is 2.75 bits per heavy atom. The molecule has 20 heavy (non-hydrogen) atoms. The summed E-state index contributed by atoms with van der Waals surface area (Å²) < 4.78 is 41.4. The summed E-state index contributed by atoms with van der Waals surface area (Å²) in [6.45, 7) is 1.94. The minimum Gasteiger partial charge on any atom is -0.464 e. The van der Waals surface area contributed by atoms with Crippen molar-refractivity contribution in [2.45, 2.75) is 25.9 Å². The molecule has 0 saturated heterocycles. The fourth-order valence-electron chi connectivity index (χ4n) is 1.95. The van der Waals surface area contributed by atoms with E-state index in [4.69, 9.17) is 4.42 Å². The first-order chi connectivity index (χ1) is 9.41. The molecule has 1 aromatic carbocycles. The summed E-state index contributed by atoms with van der Waals surface area (Å²) in [6.07, 6.45) is -2.16. The predicted octanol–water partition coefficient (Wildman–Crippen LogP) is 3.22. The van der Waals surface area contributed by atoms with Crippen LogP contribution in [0, 0.1) is 0 Å². The van der Waals surface area contributed by atoms with Crippen molar-refractivity contribution in [1.82, 2.24) is 5.32 Å². The van der Waals surface area contributed by atoms with Gasteiger partial charge in [-0.15, -0.1) is 0 Å². The number of carbonyl (C=O) groups excluding carboxylic acids is 1. The van der Waals surface area contributed by atoms with Gasteiger partial charge in [-0.25, -0.2) is 0 Å². The van der Waals surface area contributed by atoms with Gasteiger partial charge >= 0.3 is 12.1 Å². The first-order valence-electron chi connectivity index (χ1n) is 6.26.